The average molecular weight is 299 g/mol. The van der Waals surface area contributed by atoms with Crippen LogP contribution in [0.3, 0.4) is 0 Å². The van der Waals surface area contributed by atoms with Crippen LogP contribution in [-0.4, -0.2) is 22.0 Å². The fraction of sp³-hybridized carbons (Fsp3) is 0.556. The summed E-state index contributed by atoms with van der Waals surface area (Å²) in [6.45, 7) is 2.76. The van der Waals surface area contributed by atoms with Gasteiger partial charge in [0.25, 0.3) is 5.91 Å². The maximum atomic E-state index is 12.6. The molecule has 0 aromatic carbocycles. The summed E-state index contributed by atoms with van der Waals surface area (Å²) in [4.78, 5) is 16.9. The number of rotatable bonds is 3. The Kier molecular flexibility index (Phi) is 4.46. The van der Waals surface area contributed by atoms with Gasteiger partial charge in [0.05, 0.1) is 11.1 Å². The molecular formula is C18H25N3O. The molecular weight excluding hydrogens is 274 g/mol. The summed E-state index contributed by atoms with van der Waals surface area (Å²) in [5, 5.41) is 4.12. The Hall–Kier alpha value is -1.84. The Bertz CT molecular complexity index is 666. The summed E-state index contributed by atoms with van der Waals surface area (Å²) >= 11 is 0. The number of nitrogens with zero attached hydrogens (tertiary/aromatic N) is 2. The van der Waals surface area contributed by atoms with Crippen molar-refractivity contribution in [3.8, 4) is 0 Å². The summed E-state index contributed by atoms with van der Waals surface area (Å²) in [6.07, 6.45) is 11.5. The summed E-state index contributed by atoms with van der Waals surface area (Å²) in [5.41, 5.74) is 2.72. The molecule has 2 aromatic heterocycles. The van der Waals surface area contributed by atoms with Gasteiger partial charge in [-0.25, -0.2) is 0 Å². The highest BCUT2D eigenvalue weighted by Crippen LogP contribution is 2.24. The van der Waals surface area contributed by atoms with Crippen molar-refractivity contribution in [3.05, 3.63) is 29.7 Å². The number of fused-ring (bicyclic) bond motifs is 1. The van der Waals surface area contributed by atoms with Gasteiger partial charge in [0.2, 0.25) is 0 Å². The zero-order valence-electron chi connectivity index (χ0n) is 13.6. The van der Waals surface area contributed by atoms with E-state index >= 15 is 0 Å². The molecule has 1 aliphatic rings. The highest BCUT2D eigenvalue weighted by Gasteiger charge is 2.18. The molecule has 1 N–H and O–H groups in total. The third-order valence-corrected chi connectivity index (χ3v) is 4.86. The van der Waals surface area contributed by atoms with Crippen molar-refractivity contribution in [2.45, 2.75) is 45.4 Å². The minimum atomic E-state index is 0.0333. The molecule has 1 saturated carbocycles. The average Bonchev–Trinajstić information content (AvgIpc) is 2.70. The van der Waals surface area contributed by atoms with Crippen LogP contribution in [0.5, 0.6) is 0 Å². The molecule has 0 bridgehead atoms. The van der Waals surface area contributed by atoms with Crippen molar-refractivity contribution in [1.29, 1.82) is 0 Å². The molecule has 22 heavy (non-hydrogen) atoms. The first-order valence-electron chi connectivity index (χ1n) is 8.35. The molecule has 3 rings (SSSR count). The maximum Gasteiger partial charge on any atom is 0.253 e. The second-order valence-electron chi connectivity index (χ2n) is 6.51. The van der Waals surface area contributed by atoms with Crippen LogP contribution < -0.4 is 5.32 Å². The Morgan fingerprint density at radius 2 is 2.05 bits per heavy atom. The topological polar surface area (TPSA) is 46.9 Å². The van der Waals surface area contributed by atoms with E-state index in [1.165, 1.54) is 38.5 Å². The van der Waals surface area contributed by atoms with Gasteiger partial charge in [-0.05, 0) is 31.7 Å². The lowest BCUT2D eigenvalue weighted by Gasteiger charge is -2.14. The van der Waals surface area contributed by atoms with Crippen molar-refractivity contribution < 1.29 is 4.79 Å². The van der Waals surface area contributed by atoms with Crippen LogP contribution in [0.1, 0.15) is 54.6 Å². The van der Waals surface area contributed by atoms with E-state index in [4.69, 9.17) is 0 Å². The minimum absolute atomic E-state index is 0.0333. The number of aryl methyl sites for hydroxylation is 2. The predicted molar refractivity (Wildman–Crippen MR) is 89.0 cm³/mol. The molecule has 0 saturated heterocycles. The van der Waals surface area contributed by atoms with E-state index in [1.807, 2.05) is 30.8 Å². The first kappa shape index (κ1) is 15.1. The van der Waals surface area contributed by atoms with Crippen LogP contribution in [0, 0.1) is 12.8 Å². The quantitative estimate of drug-likeness (QED) is 0.881. The highest BCUT2D eigenvalue weighted by atomic mass is 16.1. The van der Waals surface area contributed by atoms with E-state index in [-0.39, 0.29) is 5.91 Å². The Morgan fingerprint density at radius 3 is 2.77 bits per heavy atom. The number of amides is 1. The molecule has 118 valence electrons. The van der Waals surface area contributed by atoms with Gasteiger partial charge in [-0.1, -0.05) is 25.7 Å². The zero-order chi connectivity index (χ0) is 15.5. The third kappa shape index (κ3) is 3.01. The van der Waals surface area contributed by atoms with Crippen molar-refractivity contribution in [2.24, 2.45) is 13.0 Å². The number of hydrogen-bond donors (Lipinski definition) is 1. The molecule has 0 aliphatic heterocycles. The lowest BCUT2D eigenvalue weighted by Crippen LogP contribution is -2.29. The summed E-state index contributed by atoms with van der Waals surface area (Å²) < 4.78 is 2.00. The van der Waals surface area contributed by atoms with E-state index in [0.29, 0.717) is 5.92 Å². The lowest BCUT2D eigenvalue weighted by atomic mass is 10.0. The number of carbonyl (C=O) groups excluding carboxylic acids is 1. The highest BCUT2D eigenvalue weighted by molar-refractivity contribution is 6.07. The van der Waals surface area contributed by atoms with Crippen LogP contribution >= 0.6 is 0 Å². The molecule has 2 aromatic rings. The molecule has 0 radical (unpaired) electrons. The van der Waals surface area contributed by atoms with Crippen molar-refractivity contribution in [2.75, 3.05) is 6.54 Å². The van der Waals surface area contributed by atoms with Crippen molar-refractivity contribution in [1.82, 2.24) is 14.9 Å². The SMILES string of the molecule is Cc1nccc2c1c(C(=O)NCC1CCCCCC1)cn2C. The van der Waals surface area contributed by atoms with Crippen molar-refractivity contribution >= 4 is 16.8 Å². The van der Waals surface area contributed by atoms with Gasteiger partial charge >= 0.3 is 0 Å². The third-order valence-electron chi connectivity index (χ3n) is 4.86. The van der Waals surface area contributed by atoms with Crippen LogP contribution in [0.4, 0.5) is 0 Å². The number of carbonyl (C=O) groups is 1. The fourth-order valence-electron chi connectivity index (χ4n) is 3.58. The zero-order valence-corrected chi connectivity index (χ0v) is 13.6. The molecule has 4 nitrogen and oxygen atoms in total. The minimum Gasteiger partial charge on any atom is -0.352 e. The number of aromatic nitrogens is 2. The Labute approximate surface area is 131 Å². The first-order valence-corrected chi connectivity index (χ1v) is 8.35. The maximum absolute atomic E-state index is 12.6. The molecule has 0 spiro atoms. The first-order chi connectivity index (χ1) is 10.7. The van der Waals surface area contributed by atoms with Gasteiger partial charge in [-0.15, -0.1) is 0 Å². The van der Waals surface area contributed by atoms with Gasteiger partial charge in [0.1, 0.15) is 0 Å². The Balaban J connectivity index is 1.75. The van der Waals surface area contributed by atoms with E-state index in [0.717, 1.165) is 28.7 Å². The summed E-state index contributed by atoms with van der Waals surface area (Å²) in [6, 6.07) is 1.96. The van der Waals surface area contributed by atoms with Gasteiger partial charge in [0.15, 0.2) is 0 Å². The van der Waals surface area contributed by atoms with Crippen LogP contribution in [0.2, 0.25) is 0 Å². The number of pyridine rings is 1. The van der Waals surface area contributed by atoms with Crippen molar-refractivity contribution in [3.63, 3.8) is 0 Å². The molecule has 1 aliphatic carbocycles. The summed E-state index contributed by atoms with van der Waals surface area (Å²) in [7, 11) is 1.98. The monoisotopic (exact) mass is 299 g/mol. The van der Waals surface area contributed by atoms with E-state index < -0.39 is 0 Å². The van der Waals surface area contributed by atoms with Crippen LogP contribution in [0.15, 0.2) is 18.5 Å². The van der Waals surface area contributed by atoms with Crippen LogP contribution in [0.25, 0.3) is 10.9 Å². The normalized spacial score (nSPS) is 16.6. The second kappa shape index (κ2) is 6.51. The van der Waals surface area contributed by atoms with Gasteiger partial charge in [-0.2, -0.15) is 0 Å². The molecule has 0 atom stereocenters. The molecule has 4 heteroatoms. The van der Waals surface area contributed by atoms with Crippen LogP contribution in [-0.2, 0) is 7.05 Å². The largest absolute Gasteiger partial charge is 0.352 e. The van der Waals surface area contributed by atoms with E-state index in [2.05, 4.69) is 10.3 Å². The summed E-state index contributed by atoms with van der Waals surface area (Å²) in [5.74, 6) is 0.673. The predicted octanol–water partition coefficient (Wildman–Crippen LogP) is 3.58. The smallest absolute Gasteiger partial charge is 0.253 e. The lowest BCUT2D eigenvalue weighted by molar-refractivity contribution is 0.0947. The fourth-order valence-corrected chi connectivity index (χ4v) is 3.58. The Morgan fingerprint density at radius 1 is 1.32 bits per heavy atom. The standard InChI is InChI=1S/C18H25N3O/c1-13-17-15(12-21(2)16(17)9-10-19-13)18(22)20-11-14-7-5-3-4-6-8-14/h9-10,12,14H,3-8,11H2,1-2H3,(H,20,22). The molecule has 0 unspecified atom stereocenters. The van der Waals surface area contributed by atoms with Gasteiger partial charge in [-0.3, -0.25) is 9.78 Å². The second-order valence-corrected chi connectivity index (χ2v) is 6.51. The van der Waals surface area contributed by atoms with E-state index in [1.54, 1.807) is 6.20 Å². The number of nitrogens with one attached hydrogen (secondary N) is 1. The molecule has 1 fully saturated rings. The van der Waals surface area contributed by atoms with Gasteiger partial charge < -0.3 is 9.88 Å². The van der Waals surface area contributed by atoms with Gasteiger partial charge in [0, 0.05) is 37.1 Å². The molecule has 2 heterocycles. The van der Waals surface area contributed by atoms with E-state index in [9.17, 15) is 4.79 Å². The molecule has 1 amide bonds. The number of hydrogen-bond acceptors (Lipinski definition) is 2.